The lowest BCUT2D eigenvalue weighted by Gasteiger charge is -2.16. The fourth-order valence-corrected chi connectivity index (χ4v) is 10.4. The third-order valence-corrected chi connectivity index (χ3v) is 12.8. The highest BCUT2D eigenvalue weighted by Crippen LogP contribution is 2.32. The van der Waals surface area contributed by atoms with Gasteiger partial charge < -0.3 is 33.2 Å². The SMILES string of the molecule is Clc1cc(Br)cc(OCc2cc(COc3cc(Cl)cc(Br)c3)cc(OCc3cc(COc4cc(COc5cc(Cl)cc(Br)c5)cc(COc5cc(Cl)cc(Br)c5)c4)cc(OCc4ccccc4)c3)c2)c1. The summed E-state index contributed by atoms with van der Waals surface area (Å²) in [7, 11) is 0. The summed E-state index contributed by atoms with van der Waals surface area (Å²) in [5.74, 6) is 4.39. The summed E-state index contributed by atoms with van der Waals surface area (Å²) < 4.78 is 47.5. The molecule has 0 bridgehead atoms. The molecule has 0 unspecified atom stereocenters. The molecule has 0 saturated carbocycles. The first kappa shape index (κ1) is 51.8. The van der Waals surface area contributed by atoms with Gasteiger partial charge in [-0.05, 0) is 166 Å². The Hall–Kier alpha value is -4.56. The van der Waals surface area contributed by atoms with Crippen molar-refractivity contribution in [3.63, 3.8) is 0 Å². The van der Waals surface area contributed by atoms with E-state index in [4.69, 9.17) is 79.6 Å². The highest BCUT2D eigenvalue weighted by Gasteiger charge is 2.12. The predicted molar refractivity (Wildman–Crippen MR) is 293 cm³/mol. The van der Waals surface area contributed by atoms with Crippen LogP contribution in [0.5, 0.6) is 40.2 Å². The monoisotopic (exact) mass is 1270 g/mol. The zero-order chi connectivity index (χ0) is 49.0. The number of benzene rings is 8. The molecular formula is C55H40Br4Cl4O7. The van der Waals surface area contributed by atoms with Crippen LogP contribution in [-0.4, -0.2) is 0 Å². The van der Waals surface area contributed by atoms with Crippen molar-refractivity contribution >= 4 is 110 Å². The number of halogens is 8. The molecule has 8 aromatic rings. The molecule has 0 spiro atoms. The zero-order valence-corrected chi connectivity index (χ0v) is 46.2. The minimum absolute atomic E-state index is 0.218. The van der Waals surface area contributed by atoms with Gasteiger partial charge in [0.25, 0.3) is 0 Å². The van der Waals surface area contributed by atoms with Crippen molar-refractivity contribution in [3.8, 4) is 40.2 Å². The van der Waals surface area contributed by atoms with Crippen molar-refractivity contribution in [2.75, 3.05) is 0 Å². The maximum Gasteiger partial charge on any atom is 0.122 e. The first-order valence-electron chi connectivity index (χ1n) is 21.5. The summed E-state index contributed by atoms with van der Waals surface area (Å²) in [6, 6.07) is 49.6. The number of ether oxygens (including phenoxy) is 7. The minimum atomic E-state index is 0.218. The molecule has 0 aliphatic rings. The average molecular weight is 1270 g/mol. The Labute approximate surface area is 460 Å². The molecule has 0 fully saturated rings. The summed E-state index contributed by atoms with van der Waals surface area (Å²) in [5.41, 5.74) is 6.24. The Morgan fingerprint density at radius 1 is 0.243 bits per heavy atom. The summed E-state index contributed by atoms with van der Waals surface area (Å²) in [5, 5.41) is 2.23. The van der Waals surface area contributed by atoms with Gasteiger partial charge in [0.1, 0.15) is 86.5 Å². The fourth-order valence-electron chi connectivity index (χ4n) is 7.12. The molecule has 7 nitrogen and oxygen atoms in total. The van der Waals surface area contributed by atoms with Crippen LogP contribution in [0.4, 0.5) is 0 Å². The summed E-state index contributed by atoms with van der Waals surface area (Å²) in [4.78, 5) is 0. The maximum absolute atomic E-state index is 6.56. The van der Waals surface area contributed by atoms with Gasteiger partial charge >= 0.3 is 0 Å². The van der Waals surface area contributed by atoms with E-state index in [2.05, 4.69) is 63.7 Å². The van der Waals surface area contributed by atoms with E-state index >= 15 is 0 Å². The third kappa shape index (κ3) is 16.5. The standard InChI is InChI=1S/C55H40Br4Cl4O7/c56-41-15-45(60)23-52(19-41)67-30-37-7-38(31-68-53-20-42(57)16-46(61)24-53)12-50(11-37)65-28-35-6-36(10-49(9-35)64-27-34-4-2-1-3-5-34)29-66-51-13-39(32-69-54-21-43(58)17-47(62)25-54)8-40(14-51)33-70-55-22-44(59)18-48(63)26-55/h1-26H,27-33H2. The van der Waals surface area contributed by atoms with Gasteiger partial charge in [0, 0.05) is 38.0 Å². The Balaban J connectivity index is 1.04. The van der Waals surface area contributed by atoms with Crippen LogP contribution in [0.3, 0.4) is 0 Å². The van der Waals surface area contributed by atoms with Crippen molar-refractivity contribution < 1.29 is 33.2 Å². The molecule has 0 radical (unpaired) electrons. The molecule has 8 rings (SSSR count). The second kappa shape index (κ2) is 25.2. The second-order valence-electron chi connectivity index (χ2n) is 15.9. The molecule has 0 amide bonds. The van der Waals surface area contributed by atoms with E-state index in [0.717, 1.165) is 56.8 Å². The first-order chi connectivity index (χ1) is 33.8. The Bertz CT molecular complexity index is 2680. The smallest absolute Gasteiger partial charge is 0.122 e. The lowest BCUT2D eigenvalue weighted by Crippen LogP contribution is -2.05. The van der Waals surface area contributed by atoms with Gasteiger partial charge in [-0.2, -0.15) is 0 Å². The van der Waals surface area contributed by atoms with Crippen LogP contribution in [0.25, 0.3) is 0 Å². The molecule has 0 heterocycles. The number of hydrogen-bond acceptors (Lipinski definition) is 7. The van der Waals surface area contributed by atoms with Crippen LogP contribution in [0.15, 0.2) is 176 Å². The molecule has 8 aromatic carbocycles. The summed E-state index contributed by atoms with van der Waals surface area (Å²) >= 11 is 39.3. The van der Waals surface area contributed by atoms with Gasteiger partial charge in [-0.3, -0.25) is 0 Å². The quantitative estimate of drug-likeness (QED) is 0.0710. The van der Waals surface area contributed by atoms with E-state index in [1.165, 1.54) is 0 Å². The highest BCUT2D eigenvalue weighted by atomic mass is 79.9. The predicted octanol–water partition coefficient (Wildman–Crippen LogP) is 18.4. The van der Waals surface area contributed by atoms with Crippen molar-refractivity contribution in [1.29, 1.82) is 0 Å². The topological polar surface area (TPSA) is 64.6 Å². The van der Waals surface area contributed by atoms with Crippen LogP contribution in [-0.2, 0) is 46.2 Å². The molecular weight excluding hydrogens is 1230 g/mol. The fraction of sp³-hybridized carbons (Fsp3) is 0.127. The van der Waals surface area contributed by atoms with E-state index < -0.39 is 0 Å². The molecule has 0 N–H and O–H groups in total. The molecule has 0 aliphatic heterocycles. The normalized spacial score (nSPS) is 11.0. The molecule has 15 heteroatoms. The second-order valence-corrected chi connectivity index (χ2v) is 21.3. The van der Waals surface area contributed by atoms with Gasteiger partial charge in [0.05, 0.1) is 0 Å². The average Bonchev–Trinajstić information content (AvgIpc) is 3.31. The Kier molecular flexibility index (Phi) is 18.6. The van der Waals surface area contributed by atoms with Gasteiger partial charge in [0.15, 0.2) is 0 Å². The van der Waals surface area contributed by atoms with Crippen molar-refractivity contribution in [3.05, 3.63) is 235 Å². The van der Waals surface area contributed by atoms with Crippen molar-refractivity contribution in [2.45, 2.75) is 46.2 Å². The van der Waals surface area contributed by atoms with Gasteiger partial charge in [-0.25, -0.2) is 0 Å². The molecule has 0 saturated heterocycles. The van der Waals surface area contributed by atoms with E-state index in [9.17, 15) is 0 Å². The Morgan fingerprint density at radius 3 is 0.686 bits per heavy atom. The molecule has 358 valence electrons. The number of hydrogen-bond donors (Lipinski definition) is 0. The molecule has 70 heavy (non-hydrogen) atoms. The molecule has 0 atom stereocenters. The number of rotatable bonds is 21. The van der Waals surface area contributed by atoms with Crippen molar-refractivity contribution in [1.82, 2.24) is 0 Å². The van der Waals surface area contributed by atoms with Crippen LogP contribution in [0.2, 0.25) is 20.1 Å². The Morgan fingerprint density at radius 2 is 0.457 bits per heavy atom. The largest absolute Gasteiger partial charge is 0.489 e. The molecule has 0 aromatic heterocycles. The lowest BCUT2D eigenvalue weighted by atomic mass is 10.1. The van der Waals surface area contributed by atoms with Crippen LogP contribution in [0.1, 0.15) is 38.9 Å². The van der Waals surface area contributed by atoms with Gasteiger partial charge in [-0.1, -0.05) is 140 Å². The van der Waals surface area contributed by atoms with E-state index in [1.54, 1.807) is 48.5 Å². The van der Waals surface area contributed by atoms with Crippen molar-refractivity contribution in [2.24, 2.45) is 0 Å². The first-order valence-corrected chi connectivity index (χ1v) is 26.2. The van der Waals surface area contributed by atoms with Crippen LogP contribution < -0.4 is 33.2 Å². The summed E-state index contributed by atoms with van der Waals surface area (Å²) in [6.07, 6.45) is 0. The highest BCUT2D eigenvalue weighted by molar-refractivity contribution is 9.11. The van der Waals surface area contributed by atoms with Gasteiger partial charge in [0.2, 0.25) is 0 Å². The zero-order valence-electron chi connectivity index (χ0n) is 36.8. The third-order valence-electron chi connectivity index (χ3n) is 10.1. The van der Waals surface area contributed by atoms with Gasteiger partial charge in [-0.15, -0.1) is 0 Å². The maximum atomic E-state index is 6.56. The molecule has 0 aliphatic carbocycles. The van der Waals surface area contributed by atoms with E-state index in [-0.39, 0.29) is 39.6 Å². The summed E-state index contributed by atoms with van der Waals surface area (Å²) in [6.45, 7) is 1.82. The minimum Gasteiger partial charge on any atom is -0.489 e. The van der Waals surface area contributed by atoms with Crippen LogP contribution >= 0.6 is 110 Å². The van der Waals surface area contributed by atoms with Crippen LogP contribution in [0, 0.1) is 0 Å². The van der Waals surface area contributed by atoms with E-state index in [1.807, 2.05) is 109 Å². The lowest BCUT2D eigenvalue weighted by molar-refractivity contribution is 0.281. The van der Waals surface area contributed by atoms with E-state index in [0.29, 0.717) is 66.9 Å².